The van der Waals surface area contributed by atoms with Crippen molar-refractivity contribution in [2.75, 3.05) is 6.54 Å². The highest BCUT2D eigenvalue weighted by Gasteiger charge is 2.26. The van der Waals surface area contributed by atoms with Crippen LogP contribution in [-0.4, -0.2) is 19.3 Å². The molecule has 1 aromatic carbocycles. The predicted molar refractivity (Wildman–Crippen MR) is 86.8 cm³/mol. The summed E-state index contributed by atoms with van der Waals surface area (Å²) >= 11 is 1.70. The van der Waals surface area contributed by atoms with Crippen molar-refractivity contribution in [2.24, 2.45) is 0 Å². The minimum absolute atomic E-state index is 0.0536. The maximum Gasteiger partial charge on any atom is 0.218 e. The lowest BCUT2D eigenvalue weighted by Crippen LogP contribution is -2.31. The molecule has 0 aliphatic carbocycles. The van der Waals surface area contributed by atoms with Gasteiger partial charge in [-0.2, -0.15) is 9.57 Å². The van der Waals surface area contributed by atoms with E-state index in [9.17, 15) is 8.42 Å². The standard InChI is InChI=1S/C16H16N2O2S2/c17-10-13-3-1-4-14(9-13)12-22(19,20)18-7-2-5-16-15(11-18)6-8-21-16/h1,3-4,6,8-9H,2,5,7,11-12H2. The van der Waals surface area contributed by atoms with Crippen molar-refractivity contribution < 1.29 is 8.42 Å². The molecule has 1 aliphatic heterocycles. The van der Waals surface area contributed by atoms with Crippen molar-refractivity contribution in [1.82, 2.24) is 4.31 Å². The third-order valence-electron chi connectivity index (χ3n) is 3.79. The zero-order chi connectivity index (χ0) is 15.6. The SMILES string of the molecule is N#Cc1cccc(CS(=O)(=O)N2CCCc3sccc3C2)c1. The first-order valence-corrected chi connectivity index (χ1v) is 9.59. The van der Waals surface area contributed by atoms with Crippen molar-refractivity contribution in [2.45, 2.75) is 25.1 Å². The van der Waals surface area contributed by atoms with Crippen LogP contribution in [0.3, 0.4) is 0 Å². The van der Waals surface area contributed by atoms with Gasteiger partial charge in [0.25, 0.3) is 0 Å². The van der Waals surface area contributed by atoms with Crippen molar-refractivity contribution in [3.63, 3.8) is 0 Å². The van der Waals surface area contributed by atoms with Gasteiger partial charge in [0, 0.05) is 18.0 Å². The van der Waals surface area contributed by atoms with E-state index < -0.39 is 10.0 Å². The van der Waals surface area contributed by atoms with E-state index in [0.717, 1.165) is 18.4 Å². The summed E-state index contributed by atoms with van der Waals surface area (Å²) in [6, 6.07) is 10.9. The normalized spacial score (nSPS) is 15.8. The van der Waals surface area contributed by atoms with Crippen LogP contribution in [0.5, 0.6) is 0 Å². The molecule has 0 bridgehead atoms. The molecular weight excluding hydrogens is 316 g/mol. The summed E-state index contributed by atoms with van der Waals surface area (Å²) in [5, 5.41) is 10.9. The lowest BCUT2D eigenvalue weighted by Gasteiger charge is -2.20. The van der Waals surface area contributed by atoms with Crippen molar-refractivity contribution in [3.8, 4) is 6.07 Å². The molecule has 0 amide bonds. The fourth-order valence-corrected chi connectivity index (χ4v) is 5.15. The van der Waals surface area contributed by atoms with Crippen LogP contribution in [0.4, 0.5) is 0 Å². The van der Waals surface area contributed by atoms with Gasteiger partial charge in [0.15, 0.2) is 0 Å². The fourth-order valence-electron chi connectivity index (χ4n) is 2.68. The predicted octanol–water partition coefficient (Wildman–Crippen LogP) is 2.90. The Morgan fingerprint density at radius 1 is 1.32 bits per heavy atom. The van der Waals surface area contributed by atoms with E-state index in [0.29, 0.717) is 24.2 Å². The van der Waals surface area contributed by atoms with Gasteiger partial charge in [0.2, 0.25) is 10.0 Å². The van der Waals surface area contributed by atoms with Gasteiger partial charge >= 0.3 is 0 Å². The second-order valence-corrected chi connectivity index (χ2v) is 8.34. The van der Waals surface area contributed by atoms with Crippen LogP contribution in [0.25, 0.3) is 0 Å². The minimum Gasteiger partial charge on any atom is -0.212 e. The highest BCUT2D eigenvalue weighted by Crippen LogP contribution is 2.26. The molecular formula is C16H16N2O2S2. The average molecular weight is 332 g/mol. The minimum atomic E-state index is -3.38. The van der Waals surface area contributed by atoms with Crippen molar-refractivity contribution >= 4 is 21.4 Å². The van der Waals surface area contributed by atoms with Gasteiger partial charge in [0.05, 0.1) is 17.4 Å². The van der Waals surface area contributed by atoms with E-state index >= 15 is 0 Å². The number of sulfonamides is 1. The quantitative estimate of drug-likeness (QED) is 0.868. The van der Waals surface area contributed by atoms with Crippen LogP contribution in [0.15, 0.2) is 35.7 Å². The molecule has 4 nitrogen and oxygen atoms in total. The molecule has 0 fully saturated rings. The Labute approximate surface area is 134 Å². The second kappa shape index (κ2) is 6.21. The topological polar surface area (TPSA) is 61.2 Å². The average Bonchev–Trinajstić information content (AvgIpc) is 2.83. The molecule has 2 heterocycles. The first-order valence-electron chi connectivity index (χ1n) is 7.10. The summed E-state index contributed by atoms with van der Waals surface area (Å²) in [6.07, 6.45) is 1.80. The zero-order valence-electron chi connectivity index (χ0n) is 12.0. The summed E-state index contributed by atoms with van der Waals surface area (Å²) in [4.78, 5) is 1.30. The first kappa shape index (κ1) is 15.2. The number of fused-ring (bicyclic) bond motifs is 1. The molecule has 0 radical (unpaired) electrons. The van der Waals surface area contributed by atoms with Gasteiger partial charge in [-0.15, -0.1) is 11.3 Å². The maximum atomic E-state index is 12.7. The molecule has 22 heavy (non-hydrogen) atoms. The Bertz CT molecular complexity index is 819. The number of benzene rings is 1. The highest BCUT2D eigenvalue weighted by atomic mass is 32.2. The molecule has 0 saturated heterocycles. The van der Waals surface area contributed by atoms with Gasteiger partial charge in [0.1, 0.15) is 0 Å². The summed E-state index contributed by atoms with van der Waals surface area (Å²) in [5.74, 6) is -0.0536. The van der Waals surface area contributed by atoms with Crippen molar-refractivity contribution in [3.05, 3.63) is 57.3 Å². The van der Waals surface area contributed by atoms with E-state index in [-0.39, 0.29) is 5.75 Å². The van der Waals surface area contributed by atoms with Crippen LogP contribution in [0.2, 0.25) is 0 Å². The molecule has 0 N–H and O–H groups in total. The molecule has 2 aromatic rings. The molecule has 0 atom stereocenters. The summed E-state index contributed by atoms with van der Waals surface area (Å²) in [5.41, 5.74) is 2.27. The van der Waals surface area contributed by atoms with Gasteiger partial charge < -0.3 is 0 Å². The summed E-state index contributed by atoms with van der Waals surface area (Å²) in [6.45, 7) is 1.01. The first-order chi connectivity index (χ1) is 10.6. The molecule has 0 spiro atoms. The van der Waals surface area contributed by atoms with Gasteiger partial charge in [-0.3, -0.25) is 0 Å². The number of nitriles is 1. The monoisotopic (exact) mass is 332 g/mol. The number of hydrogen-bond acceptors (Lipinski definition) is 4. The number of thiophene rings is 1. The molecule has 114 valence electrons. The lowest BCUT2D eigenvalue weighted by atomic mass is 10.2. The molecule has 0 saturated carbocycles. The Morgan fingerprint density at radius 3 is 3.00 bits per heavy atom. The van der Waals surface area contributed by atoms with Crippen LogP contribution in [-0.2, 0) is 28.7 Å². The number of rotatable bonds is 3. The second-order valence-electron chi connectivity index (χ2n) is 5.37. The molecule has 1 aromatic heterocycles. The lowest BCUT2D eigenvalue weighted by molar-refractivity contribution is 0.409. The van der Waals surface area contributed by atoms with E-state index in [1.165, 1.54) is 4.88 Å². The highest BCUT2D eigenvalue weighted by molar-refractivity contribution is 7.88. The largest absolute Gasteiger partial charge is 0.218 e. The number of nitrogens with zero attached hydrogens (tertiary/aromatic N) is 2. The van der Waals surface area contributed by atoms with E-state index in [1.807, 2.05) is 17.5 Å². The Balaban J connectivity index is 1.82. The van der Waals surface area contributed by atoms with Gasteiger partial charge in [-0.25, -0.2) is 8.42 Å². The molecule has 6 heteroatoms. The molecule has 3 rings (SSSR count). The fraction of sp³-hybridized carbons (Fsp3) is 0.312. The number of hydrogen-bond donors (Lipinski definition) is 0. The van der Waals surface area contributed by atoms with Crippen LogP contribution in [0.1, 0.15) is 28.0 Å². The van der Waals surface area contributed by atoms with E-state index in [4.69, 9.17) is 5.26 Å². The van der Waals surface area contributed by atoms with Crippen LogP contribution < -0.4 is 0 Å². The molecule has 1 aliphatic rings. The van der Waals surface area contributed by atoms with E-state index in [1.54, 1.807) is 39.9 Å². The van der Waals surface area contributed by atoms with Crippen molar-refractivity contribution in [1.29, 1.82) is 5.26 Å². The summed E-state index contributed by atoms with van der Waals surface area (Å²) in [7, 11) is -3.38. The van der Waals surface area contributed by atoms with E-state index in [2.05, 4.69) is 0 Å². The summed E-state index contributed by atoms with van der Waals surface area (Å²) < 4.78 is 26.9. The van der Waals surface area contributed by atoms with Gasteiger partial charge in [-0.1, -0.05) is 12.1 Å². The Morgan fingerprint density at radius 2 is 2.18 bits per heavy atom. The molecule has 0 unspecified atom stereocenters. The van der Waals surface area contributed by atoms with Crippen LogP contribution >= 0.6 is 11.3 Å². The third-order valence-corrected chi connectivity index (χ3v) is 6.61. The number of aryl methyl sites for hydroxylation is 1. The van der Waals surface area contributed by atoms with Crippen LogP contribution in [0, 0.1) is 11.3 Å². The zero-order valence-corrected chi connectivity index (χ0v) is 13.7. The Kier molecular flexibility index (Phi) is 4.30. The Hall–Kier alpha value is -1.68. The van der Waals surface area contributed by atoms with Gasteiger partial charge in [-0.05, 0) is 47.5 Å². The third kappa shape index (κ3) is 3.22. The smallest absolute Gasteiger partial charge is 0.212 e. The maximum absolute atomic E-state index is 12.7.